The van der Waals surface area contributed by atoms with E-state index in [0.717, 1.165) is 5.69 Å². The number of carbonyl (C=O) groups is 2. The summed E-state index contributed by atoms with van der Waals surface area (Å²) in [5, 5.41) is 14.4. The summed E-state index contributed by atoms with van der Waals surface area (Å²) in [4.78, 5) is 24.7. The lowest BCUT2D eigenvalue weighted by atomic mass is 10.0. The normalized spacial score (nSPS) is 10.9. The second kappa shape index (κ2) is 10.9. The topological polar surface area (TPSA) is 88.9 Å². The van der Waals surface area contributed by atoms with Crippen LogP contribution in [0.5, 0.6) is 0 Å². The third-order valence-corrected chi connectivity index (χ3v) is 5.72. The van der Waals surface area contributed by atoms with Crippen LogP contribution in [-0.4, -0.2) is 32.3 Å². The maximum absolute atomic E-state index is 13.0. The van der Waals surface area contributed by atoms with Gasteiger partial charge in [0.05, 0.1) is 12.2 Å². The van der Waals surface area contributed by atoms with Crippen molar-refractivity contribution in [1.82, 2.24) is 14.8 Å². The van der Waals surface area contributed by atoms with E-state index < -0.39 is 0 Å². The molecule has 0 unspecified atom stereocenters. The molecule has 0 atom stereocenters. The standard InChI is InChI=1S/C23H26FN5O2S/c1-4-29-20(13-21(30)25-19-11-7-17(24)8-12-19)27-28-23(29)32-14-22(31)26-18-9-5-16(6-10-18)15(2)3/h5-12,15H,4,13-14H2,1-3H3,(H,25,30)(H,26,31). The van der Waals surface area contributed by atoms with E-state index in [1.54, 1.807) is 4.57 Å². The molecule has 0 aliphatic carbocycles. The average molecular weight is 456 g/mol. The van der Waals surface area contributed by atoms with Crippen LogP contribution in [0.1, 0.15) is 38.1 Å². The molecule has 0 radical (unpaired) electrons. The number of nitrogens with one attached hydrogen (secondary N) is 2. The molecule has 3 aromatic rings. The Morgan fingerprint density at radius 2 is 1.56 bits per heavy atom. The lowest BCUT2D eigenvalue weighted by molar-refractivity contribution is -0.116. The van der Waals surface area contributed by atoms with Crippen LogP contribution in [-0.2, 0) is 22.6 Å². The monoisotopic (exact) mass is 455 g/mol. The van der Waals surface area contributed by atoms with E-state index in [1.807, 2.05) is 31.2 Å². The molecule has 7 nitrogen and oxygen atoms in total. The van der Waals surface area contributed by atoms with Crippen molar-refractivity contribution >= 4 is 35.0 Å². The number of rotatable bonds is 9. The second-order valence-corrected chi connectivity index (χ2v) is 8.43. The van der Waals surface area contributed by atoms with Crippen molar-refractivity contribution in [3.05, 3.63) is 65.7 Å². The first-order chi connectivity index (χ1) is 15.4. The van der Waals surface area contributed by atoms with E-state index in [2.05, 4.69) is 34.7 Å². The van der Waals surface area contributed by atoms with Crippen LogP contribution in [0.2, 0.25) is 0 Å². The Hall–Kier alpha value is -3.20. The Bertz CT molecular complexity index is 1060. The molecule has 0 fully saturated rings. The van der Waals surface area contributed by atoms with Crippen LogP contribution in [0.3, 0.4) is 0 Å². The maximum Gasteiger partial charge on any atom is 0.234 e. The number of nitrogens with zero attached hydrogens (tertiary/aromatic N) is 3. The number of thioether (sulfide) groups is 1. The van der Waals surface area contributed by atoms with Gasteiger partial charge in [0, 0.05) is 17.9 Å². The molecule has 0 saturated carbocycles. The fourth-order valence-electron chi connectivity index (χ4n) is 3.03. The molecule has 168 valence electrons. The van der Waals surface area contributed by atoms with E-state index in [9.17, 15) is 14.0 Å². The van der Waals surface area contributed by atoms with Gasteiger partial charge in [-0.1, -0.05) is 37.7 Å². The first-order valence-corrected chi connectivity index (χ1v) is 11.3. The SMILES string of the molecule is CCn1c(CC(=O)Nc2ccc(F)cc2)nnc1SCC(=O)Nc1ccc(C(C)C)cc1. The molecule has 3 rings (SSSR count). The summed E-state index contributed by atoms with van der Waals surface area (Å²) in [6.45, 7) is 6.72. The van der Waals surface area contributed by atoms with Crippen molar-refractivity contribution in [2.24, 2.45) is 0 Å². The summed E-state index contributed by atoms with van der Waals surface area (Å²) in [7, 11) is 0. The molecule has 1 heterocycles. The number of halogens is 1. The Labute approximate surface area is 190 Å². The summed E-state index contributed by atoms with van der Waals surface area (Å²) >= 11 is 1.26. The summed E-state index contributed by atoms with van der Waals surface area (Å²) in [5.41, 5.74) is 2.46. The van der Waals surface area contributed by atoms with Gasteiger partial charge < -0.3 is 15.2 Å². The zero-order valence-electron chi connectivity index (χ0n) is 18.3. The lowest BCUT2D eigenvalue weighted by Gasteiger charge is -2.09. The number of benzene rings is 2. The van der Waals surface area contributed by atoms with Crippen molar-refractivity contribution in [3.63, 3.8) is 0 Å². The molecule has 2 aromatic carbocycles. The van der Waals surface area contributed by atoms with Gasteiger partial charge in [0.25, 0.3) is 0 Å². The summed E-state index contributed by atoms with van der Waals surface area (Å²) in [6, 6.07) is 13.3. The highest BCUT2D eigenvalue weighted by atomic mass is 32.2. The molecule has 2 amide bonds. The van der Waals surface area contributed by atoms with Gasteiger partial charge in [-0.2, -0.15) is 0 Å². The molecule has 9 heteroatoms. The van der Waals surface area contributed by atoms with Crippen molar-refractivity contribution in [1.29, 1.82) is 0 Å². The molecule has 0 bridgehead atoms. The quantitative estimate of drug-likeness (QED) is 0.465. The summed E-state index contributed by atoms with van der Waals surface area (Å²) < 4.78 is 14.8. The highest BCUT2D eigenvalue weighted by molar-refractivity contribution is 7.99. The number of amides is 2. The summed E-state index contributed by atoms with van der Waals surface area (Å²) in [6.07, 6.45) is 0.0210. The van der Waals surface area contributed by atoms with Gasteiger partial charge in [-0.25, -0.2) is 4.39 Å². The van der Waals surface area contributed by atoms with Gasteiger partial charge in [-0.15, -0.1) is 10.2 Å². The third-order valence-electron chi connectivity index (χ3n) is 4.75. The number of hydrogen-bond acceptors (Lipinski definition) is 5. The van der Waals surface area contributed by atoms with Gasteiger partial charge >= 0.3 is 0 Å². The predicted molar refractivity (Wildman–Crippen MR) is 124 cm³/mol. The van der Waals surface area contributed by atoms with Crippen molar-refractivity contribution < 1.29 is 14.0 Å². The third kappa shape index (κ3) is 6.40. The Balaban J connectivity index is 1.55. The first kappa shape index (κ1) is 23.5. The zero-order valence-corrected chi connectivity index (χ0v) is 19.1. The van der Waals surface area contributed by atoms with E-state index in [4.69, 9.17) is 0 Å². The fourth-order valence-corrected chi connectivity index (χ4v) is 3.86. The molecular weight excluding hydrogens is 429 g/mol. The van der Waals surface area contributed by atoms with E-state index in [1.165, 1.54) is 41.6 Å². The molecular formula is C23H26FN5O2S. The van der Waals surface area contributed by atoms with Crippen LogP contribution < -0.4 is 10.6 Å². The zero-order chi connectivity index (χ0) is 23.1. The van der Waals surface area contributed by atoms with E-state index >= 15 is 0 Å². The average Bonchev–Trinajstić information content (AvgIpc) is 3.15. The van der Waals surface area contributed by atoms with Crippen molar-refractivity contribution in [2.45, 2.75) is 44.8 Å². The lowest BCUT2D eigenvalue weighted by Crippen LogP contribution is -2.18. The molecule has 0 aliphatic heterocycles. The molecule has 32 heavy (non-hydrogen) atoms. The van der Waals surface area contributed by atoms with Crippen molar-refractivity contribution in [2.75, 3.05) is 16.4 Å². The Morgan fingerprint density at radius 3 is 2.16 bits per heavy atom. The van der Waals surface area contributed by atoms with Gasteiger partial charge in [0.15, 0.2) is 5.16 Å². The first-order valence-electron chi connectivity index (χ1n) is 10.4. The van der Waals surface area contributed by atoms with E-state index in [-0.39, 0.29) is 29.8 Å². The van der Waals surface area contributed by atoms with Gasteiger partial charge in [-0.3, -0.25) is 9.59 Å². The van der Waals surface area contributed by atoms with Crippen molar-refractivity contribution in [3.8, 4) is 0 Å². The minimum absolute atomic E-state index is 0.0210. The number of anilines is 2. The van der Waals surface area contributed by atoms with Gasteiger partial charge in [-0.05, 0) is 54.8 Å². The molecule has 2 N–H and O–H groups in total. The van der Waals surface area contributed by atoms with Crippen LogP contribution in [0.15, 0.2) is 53.7 Å². The Kier molecular flexibility index (Phi) is 7.99. The number of hydrogen-bond donors (Lipinski definition) is 2. The number of carbonyl (C=O) groups excluding carboxylic acids is 2. The Morgan fingerprint density at radius 1 is 0.969 bits per heavy atom. The molecule has 0 aliphatic rings. The predicted octanol–water partition coefficient (Wildman–Crippen LogP) is 4.47. The molecule has 1 aromatic heterocycles. The highest BCUT2D eigenvalue weighted by Crippen LogP contribution is 2.20. The van der Waals surface area contributed by atoms with Gasteiger partial charge in [0.1, 0.15) is 11.6 Å². The maximum atomic E-state index is 13.0. The summed E-state index contributed by atoms with van der Waals surface area (Å²) in [5.74, 6) is 0.312. The number of aromatic nitrogens is 3. The van der Waals surface area contributed by atoms with E-state index in [0.29, 0.717) is 29.1 Å². The van der Waals surface area contributed by atoms with Crippen LogP contribution >= 0.6 is 11.8 Å². The van der Waals surface area contributed by atoms with Crippen LogP contribution in [0, 0.1) is 5.82 Å². The van der Waals surface area contributed by atoms with Gasteiger partial charge in [0.2, 0.25) is 11.8 Å². The van der Waals surface area contributed by atoms with Crippen LogP contribution in [0.25, 0.3) is 0 Å². The molecule has 0 saturated heterocycles. The fraction of sp³-hybridized carbons (Fsp3) is 0.304. The minimum Gasteiger partial charge on any atom is -0.326 e. The highest BCUT2D eigenvalue weighted by Gasteiger charge is 2.16. The minimum atomic E-state index is -0.369. The second-order valence-electron chi connectivity index (χ2n) is 7.49. The van der Waals surface area contributed by atoms with Crippen LogP contribution in [0.4, 0.5) is 15.8 Å². The largest absolute Gasteiger partial charge is 0.326 e. The smallest absolute Gasteiger partial charge is 0.234 e. The molecule has 0 spiro atoms.